The van der Waals surface area contributed by atoms with Crippen molar-refractivity contribution in [3.63, 3.8) is 0 Å². The van der Waals surface area contributed by atoms with Crippen molar-refractivity contribution < 1.29 is 13.5 Å². The van der Waals surface area contributed by atoms with E-state index in [1.54, 1.807) is 6.08 Å². The minimum Gasteiger partial charge on any atom is -0.508 e. The molecule has 108 valence electrons. The molecule has 1 fully saturated rings. The number of likely N-dealkylation sites (tertiary alicyclic amines) is 1. The molecule has 1 saturated heterocycles. The summed E-state index contributed by atoms with van der Waals surface area (Å²) in [5.41, 5.74) is 0.606. The van der Waals surface area contributed by atoms with E-state index in [0.29, 0.717) is 21.9 Å². The van der Waals surface area contributed by atoms with Gasteiger partial charge >= 0.3 is 0 Å². The molecule has 2 aliphatic rings. The molecule has 20 heavy (non-hydrogen) atoms. The van der Waals surface area contributed by atoms with Crippen LogP contribution in [0.1, 0.15) is 31.2 Å². The molecule has 2 heterocycles. The molecule has 1 aromatic carbocycles. The summed E-state index contributed by atoms with van der Waals surface area (Å²) in [7, 11) is -3.37. The minimum absolute atomic E-state index is 0.103. The van der Waals surface area contributed by atoms with Gasteiger partial charge in [-0.2, -0.15) is 0 Å². The van der Waals surface area contributed by atoms with E-state index >= 15 is 0 Å². The van der Waals surface area contributed by atoms with Crippen molar-refractivity contribution in [1.29, 1.82) is 0 Å². The molecule has 1 aromatic rings. The number of benzene rings is 1. The van der Waals surface area contributed by atoms with Crippen LogP contribution in [0, 0.1) is 0 Å². The van der Waals surface area contributed by atoms with Crippen molar-refractivity contribution in [2.24, 2.45) is 0 Å². The van der Waals surface area contributed by atoms with Gasteiger partial charge in [-0.25, -0.2) is 8.42 Å². The van der Waals surface area contributed by atoms with Crippen LogP contribution in [0.2, 0.25) is 0 Å². The van der Waals surface area contributed by atoms with Crippen LogP contribution in [-0.4, -0.2) is 38.1 Å². The second-order valence-electron chi connectivity index (χ2n) is 5.53. The van der Waals surface area contributed by atoms with Crippen LogP contribution in [-0.2, 0) is 9.84 Å². The molecule has 4 nitrogen and oxygen atoms in total. The molecular formula is C15H19NO3S. The summed E-state index contributed by atoms with van der Waals surface area (Å²) < 4.78 is 25.0. The molecule has 0 unspecified atom stereocenters. The number of phenolic OH excluding ortho intramolecular Hbond substituents is 1. The number of sulfone groups is 1. The SMILES string of the molecule is O=S1(=O)C(CN2CCCCCC2)=Cc2cc(O)ccc21. The Bertz CT molecular complexity index is 641. The highest BCUT2D eigenvalue weighted by atomic mass is 32.2. The van der Waals surface area contributed by atoms with E-state index in [0.717, 1.165) is 25.9 Å². The lowest BCUT2D eigenvalue weighted by atomic mass is 10.2. The predicted octanol–water partition coefficient (Wildman–Crippen LogP) is 2.40. The number of rotatable bonds is 2. The number of hydrogen-bond donors (Lipinski definition) is 1. The third-order valence-electron chi connectivity index (χ3n) is 4.02. The van der Waals surface area contributed by atoms with Crippen LogP contribution in [0.25, 0.3) is 6.08 Å². The first-order valence-corrected chi connectivity index (χ1v) is 8.57. The van der Waals surface area contributed by atoms with Crippen molar-refractivity contribution in [2.45, 2.75) is 30.6 Å². The van der Waals surface area contributed by atoms with Crippen molar-refractivity contribution in [3.05, 3.63) is 28.7 Å². The topological polar surface area (TPSA) is 57.6 Å². The lowest BCUT2D eigenvalue weighted by Gasteiger charge is -2.19. The average Bonchev–Trinajstić information content (AvgIpc) is 2.60. The molecule has 0 aliphatic carbocycles. The highest BCUT2D eigenvalue weighted by Gasteiger charge is 2.30. The quantitative estimate of drug-likeness (QED) is 0.909. The summed E-state index contributed by atoms with van der Waals surface area (Å²) in [5, 5.41) is 9.48. The molecule has 2 aliphatic heterocycles. The van der Waals surface area contributed by atoms with Crippen LogP contribution in [0.4, 0.5) is 0 Å². The molecular weight excluding hydrogens is 274 g/mol. The third kappa shape index (κ3) is 2.47. The van der Waals surface area contributed by atoms with Crippen molar-refractivity contribution >= 4 is 15.9 Å². The van der Waals surface area contributed by atoms with Crippen LogP contribution in [0.5, 0.6) is 5.75 Å². The summed E-state index contributed by atoms with van der Waals surface area (Å²) in [6.07, 6.45) is 6.45. The Morgan fingerprint density at radius 3 is 2.50 bits per heavy atom. The molecule has 0 bridgehead atoms. The van der Waals surface area contributed by atoms with E-state index in [1.165, 1.54) is 31.0 Å². The zero-order chi connectivity index (χ0) is 14.2. The fourth-order valence-corrected chi connectivity index (χ4v) is 4.52. The number of aromatic hydroxyl groups is 1. The van der Waals surface area contributed by atoms with E-state index in [9.17, 15) is 13.5 Å². The van der Waals surface area contributed by atoms with E-state index in [2.05, 4.69) is 4.90 Å². The van der Waals surface area contributed by atoms with E-state index in [1.807, 2.05) is 0 Å². The van der Waals surface area contributed by atoms with Crippen LogP contribution >= 0.6 is 0 Å². The Labute approximate surface area is 119 Å². The summed E-state index contributed by atoms with van der Waals surface area (Å²) in [5.74, 6) is 0.103. The molecule has 0 aromatic heterocycles. The Morgan fingerprint density at radius 1 is 1.10 bits per heavy atom. The van der Waals surface area contributed by atoms with Crippen LogP contribution in [0.15, 0.2) is 28.0 Å². The first-order chi connectivity index (χ1) is 9.57. The molecule has 0 spiro atoms. The second kappa shape index (κ2) is 5.22. The van der Waals surface area contributed by atoms with Gasteiger partial charge in [0.15, 0.2) is 0 Å². The van der Waals surface area contributed by atoms with Gasteiger partial charge < -0.3 is 5.11 Å². The lowest BCUT2D eigenvalue weighted by molar-refractivity contribution is 0.313. The number of fused-ring (bicyclic) bond motifs is 1. The smallest absolute Gasteiger partial charge is 0.204 e. The average molecular weight is 293 g/mol. The molecule has 5 heteroatoms. The molecule has 3 rings (SSSR count). The highest BCUT2D eigenvalue weighted by molar-refractivity contribution is 7.95. The zero-order valence-corrected chi connectivity index (χ0v) is 12.2. The van der Waals surface area contributed by atoms with Crippen molar-refractivity contribution in [3.8, 4) is 5.75 Å². The summed E-state index contributed by atoms with van der Waals surface area (Å²) >= 11 is 0. The van der Waals surface area contributed by atoms with E-state index < -0.39 is 9.84 Å². The van der Waals surface area contributed by atoms with Crippen LogP contribution < -0.4 is 0 Å². The van der Waals surface area contributed by atoms with E-state index in [4.69, 9.17) is 0 Å². The molecule has 0 saturated carbocycles. The summed E-state index contributed by atoms with van der Waals surface area (Å²) in [6, 6.07) is 4.44. The highest BCUT2D eigenvalue weighted by Crippen LogP contribution is 2.35. The largest absolute Gasteiger partial charge is 0.508 e. The van der Waals surface area contributed by atoms with Gasteiger partial charge in [0.1, 0.15) is 5.75 Å². The predicted molar refractivity (Wildman–Crippen MR) is 78.2 cm³/mol. The standard InChI is InChI=1S/C15H19NO3S/c17-13-5-6-15-12(9-13)10-14(20(15,18)19)11-16-7-3-1-2-4-8-16/h5-6,9-10,17H,1-4,7-8,11H2. The Morgan fingerprint density at radius 2 is 1.80 bits per heavy atom. The normalized spacial score (nSPS) is 22.1. The Balaban J connectivity index is 1.86. The minimum atomic E-state index is -3.37. The molecule has 0 radical (unpaired) electrons. The third-order valence-corrected chi connectivity index (χ3v) is 5.91. The maximum absolute atomic E-state index is 12.5. The first-order valence-electron chi connectivity index (χ1n) is 7.08. The molecule has 1 N–H and O–H groups in total. The van der Waals surface area contributed by atoms with Gasteiger partial charge in [0.2, 0.25) is 9.84 Å². The first kappa shape index (κ1) is 13.6. The van der Waals surface area contributed by atoms with Crippen molar-refractivity contribution in [2.75, 3.05) is 19.6 Å². The lowest BCUT2D eigenvalue weighted by Crippen LogP contribution is -2.28. The zero-order valence-electron chi connectivity index (χ0n) is 11.4. The van der Waals surface area contributed by atoms with Gasteiger partial charge in [-0.1, -0.05) is 12.8 Å². The second-order valence-corrected chi connectivity index (χ2v) is 7.50. The summed E-state index contributed by atoms with van der Waals surface area (Å²) in [4.78, 5) is 3.00. The number of hydrogen-bond acceptors (Lipinski definition) is 4. The summed E-state index contributed by atoms with van der Waals surface area (Å²) in [6.45, 7) is 2.42. The van der Waals surface area contributed by atoms with Gasteiger partial charge in [-0.15, -0.1) is 0 Å². The number of nitrogens with zero attached hydrogens (tertiary/aromatic N) is 1. The van der Waals surface area contributed by atoms with Gasteiger partial charge in [-0.05, 0) is 55.8 Å². The maximum atomic E-state index is 12.5. The fourth-order valence-electron chi connectivity index (χ4n) is 2.93. The Hall–Kier alpha value is -1.33. The molecule has 0 atom stereocenters. The monoisotopic (exact) mass is 293 g/mol. The maximum Gasteiger partial charge on any atom is 0.204 e. The molecule has 0 amide bonds. The van der Waals surface area contributed by atoms with E-state index in [-0.39, 0.29) is 5.75 Å². The Kier molecular flexibility index (Phi) is 3.56. The van der Waals surface area contributed by atoms with Gasteiger partial charge in [0.05, 0.1) is 9.80 Å². The number of phenols is 1. The van der Waals surface area contributed by atoms with Gasteiger partial charge in [0, 0.05) is 6.54 Å². The van der Waals surface area contributed by atoms with Gasteiger partial charge in [0.25, 0.3) is 0 Å². The fraction of sp³-hybridized carbons (Fsp3) is 0.467. The van der Waals surface area contributed by atoms with Crippen LogP contribution in [0.3, 0.4) is 0 Å². The van der Waals surface area contributed by atoms with Crippen molar-refractivity contribution in [1.82, 2.24) is 4.90 Å². The van der Waals surface area contributed by atoms with Gasteiger partial charge in [-0.3, -0.25) is 4.90 Å².